The molecule has 2 aliphatic carbocycles. The predicted octanol–water partition coefficient (Wildman–Crippen LogP) is 5.22. The van der Waals surface area contributed by atoms with Crippen molar-refractivity contribution in [1.82, 2.24) is 0 Å². The van der Waals surface area contributed by atoms with Gasteiger partial charge in [0.05, 0.1) is 12.7 Å². The van der Waals surface area contributed by atoms with Crippen molar-refractivity contribution in [1.29, 1.82) is 0 Å². The van der Waals surface area contributed by atoms with E-state index in [2.05, 4.69) is 6.58 Å². The van der Waals surface area contributed by atoms with Gasteiger partial charge in [0.15, 0.2) is 0 Å². The van der Waals surface area contributed by atoms with Crippen LogP contribution in [0.25, 0.3) is 0 Å². The van der Waals surface area contributed by atoms with Crippen molar-refractivity contribution in [3.63, 3.8) is 0 Å². The number of hydrogen-bond acceptors (Lipinski definition) is 5. The third-order valence-corrected chi connectivity index (χ3v) is 6.20. The maximum absolute atomic E-state index is 11.7. The molecule has 0 aromatic rings. The minimum absolute atomic E-state index is 0.0648. The highest BCUT2D eigenvalue weighted by Crippen LogP contribution is 2.39. The van der Waals surface area contributed by atoms with Crippen LogP contribution in [0.15, 0.2) is 12.2 Å². The molecule has 2 fully saturated rings. The van der Waals surface area contributed by atoms with E-state index in [4.69, 9.17) is 14.2 Å². The van der Waals surface area contributed by atoms with Gasteiger partial charge in [-0.25, -0.2) is 4.79 Å². The van der Waals surface area contributed by atoms with Gasteiger partial charge in [0.2, 0.25) is 0 Å². The van der Waals surface area contributed by atoms with Crippen LogP contribution in [0, 0.1) is 17.8 Å². The van der Waals surface area contributed by atoms with Crippen LogP contribution in [0.2, 0.25) is 0 Å². The molecule has 0 saturated heterocycles. The number of carbonyl (C=O) groups excluding carboxylic acids is 2. The maximum Gasteiger partial charge on any atom is 0.333 e. The zero-order valence-electron chi connectivity index (χ0n) is 18.8. The van der Waals surface area contributed by atoms with E-state index in [1.807, 2.05) is 20.8 Å². The second-order valence-corrected chi connectivity index (χ2v) is 9.49. The van der Waals surface area contributed by atoms with Gasteiger partial charge in [-0.3, -0.25) is 4.79 Å². The van der Waals surface area contributed by atoms with E-state index in [0.29, 0.717) is 24.5 Å². The quantitative estimate of drug-likeness (QED) is 0.387. The van der Waals surface area contributed by atoms with Crippen molar-refractivity contribution in [3.05, 3.63) is 12.2 Å². The van der Waals surface area contributed by atoms with Gasteiger partial charge in [-0.1, -0.05) is 20.4 Å². The number of rotatable bonds is 9. The average Bonchev–Trinajstić information content (AvgIpc) is 2.66. The summed E-state index contributed by atoms with van der Waals surface area (Å²) >= 11 is 0. The van der Waals surface area contributed by atoms with Crippen molar-refractivity contribution in [2.75, 3.05) is 6.61 Å². The highest BCUT2D eigenvalue weighted by Gasteiger charge is 2.32. The summed E-state index contributed by atoms with van der Waals surface area (Å²) < 4.78 is 17.0. The summed E-state index contributed by atoms with van der Waals surface area (Å²) in [5, 5.41) is 0. The van der Waals surface area contributed by atoms with E-state index in [1.165, 1.54) is 12.8 Å². The lowest BCUT2D eigenvalue weighted by atomic mass is 9.72. The van der Waals surface area contributed by atoms with Gasteiger partial charge >= 0.3 is 11.9 Å². The van der Waals surface area contributed by atoms with E-state index >= 15 is 0 Å². The summed E-state index contributed by atoms with van der Waals surface area (Å²) in [6.07, 6.45) is 9.43. The molecule has 2 rings (SSSR count). The zero-order valence-corrected chi connectivity index (χ0v) is 18.8. The van der Waals surface area contributed by atoms with Gasteiger partial charge in [0, 0.05) is 12.0 Å². The number of carbonyl (C=O) groups is 2. The molecule has 0 bridgehead atoms. The Balaban J connectivity index is 1.61. The van der Waals surface area contributed by atoms with E-state index in [-0.39, 0.29) is 30.3 Å². The first-order chi connectivity index (χ1) is 13.7. The second-order valence-electron chi connectivity index (χ2n) is 9.49. The van der Waals surface area contributed by atoms with Gasteiger partial charge in [0.25, 0.3) is 0 Å². The van der Waals surface area contributed by atoms with Crippen LogP contribution in [-0.2, 0) is 23.8 Å². The minimum Gasteiger partial charge on any atom is -0.460 e. The smallest absolute Gasteiger partial charge is 0.333 e. The Morgan fingerprint density at radius 2 is 1.41 bits per heavy atom. The van der Waals surface area contributed by atoms with Crippen LogP contribution in [-0.4, -0.2) is 36.9 Å². The molecule has 0 aromatic carbocycles. The van der Waals surface area contributed by atoms with E-state index in [9.17, 15) is 9.59 Å². The lowest BCUT2D eigenvalue weighted by Crippen LogP contribution is -2.32. The number of ether oxygens (including phenoxy) is 3. The van der Waals surface area contributed by atoms with Gasteiger partial charge in [-0.05, 0) is 83.0 Å². The molecule has 2 saturated carbocycles. The third kappa shape index (κ3) is 8.49. The minimum atomic E-state index is -0.254. The Morgan fingerprint density at radius 3 is 1.90 bits per heavy atom. The molecule has 0 spiro atoms. The zero-order chi connectivity index (χ0) is 21.4. The fourth-order valence-electron chi connectivity index (χ4n) is 4.57. The normalized spacial score (nSPS) is 28.6. The molecule has 0 aromatic heterocycles. The van der Waals surface area contributed by atoms with Crippen LogP contribution in [0.4, 0.5) is 0 Å². The van der Waals surface area contributed by atoms with Crippen LogP contribution in [0.1, 0.15) is 85.5 Å². The maximum atomic E-state index is 11.7. The molecular weight excluding hydrogens is 368 g/mol. The monoisotopic (exact) mass is 408 g/mol. The molecule has 0 heterocycles. The van der Waals surface area contributed by atoms with Crippen molar-refractivity contribution in [2.24, 2.45) is 17.8 Å². The molecule has 0 N–H and O–H groups in total. The summed E-state index contributed by atoms with van der Waals surface area (Å²) in [5.74, 6) is 1.43. The summed E-state index contributed by atoms with van der Waals surface area (Å²) in [5.41, 5.74) is 0.481. The standard InChI is InChI=1S/C24H40O5/c1-16(2)14-23(25)28-18(5)15-27-21-10-6-19(7-11-21)20-8-12-22(13-9-20)29-24(26)17(3)4/h16,18-22H,3,6-15H2,1-2,4-5H3. The number of hydrogen-bond donors (Lipinski definition) is 0. The van der Waals surface area contributed by atoms with Crippen LogP contribution >= 0.6 is 0 Å². The lowest BCUT2D eigenvalue weighted by molar-refractivity contribution is -0.153. The molecule has 1 atom stereocenters. The molecule has 166 valence electrons. The Labute approximate surface area is 176 Å². The third-order valence-electron chi connectivity index (χ3n) is 6.20. The molecule has 5 heteroatoms. The van der Waals surface area contributed by atoms with Gasteiger partial charge in [-0.15, -0.1) is 0 Å². The fraction of sp³-hybridized carbons (Fsp3) is 0.833. The molecule has 0 aliphatic heterocycles. The topological polar surface area (TPSA) is 61.8 Å². The lowest BCUT2D eigenvalue weighted by Gasteiger charge is -2.37. The summed E-state index contributed by atoms with van der Waals surface area (Å²) in [6.45, 7) is 11.8. The molecule has 5 nitrogen and oxygen atoms in total. The first-order valence-electron chi connectivity index (χ1n) is 11.4. The van der Waals surface area contributed by atoms with Crippen LogP contribution in [0.3, 0.4) is 0 Å². The molecule has 0 amide bonds. The van der Waals surface area contributed by atoms with Crippen molar-refractivity contribution in [2.45, 2.75) is 104 Å². The first-order valence-corrected chi connectivity index (χ1v) is 11.4. The molecular formula is C24H40O5. The van der Waals surface area contributed by atoms with Gasteiger partial charge in [-0.2, -0.15) is 0 Å². The fourth-order valence-corrected chi connectivity index (χ4v) is 4.57. The molecule has 0 radical (unpaired) electrons. The van der Waals surface area contributed by atoms with E-state index < -0.39 is 0 Å². The predicted molar refractivity (Wildman–Crippen MR) is 113 cm³/mol. The van der Waals surface area contributed by atoms with E-state index in [0.717, 1.165) is 50.4 Å². The second kappa shape index (κ2) is 11.7. The van der Waals surface area contributed by atoms with Gasteiger partial charge in [0.1, 0.15) is 12.2 Å². The Hall–Kier alpha value is -1.36. The first kappa shape index (κ1) is 23.9. The summed E-state index contributed by atoms with van der Waals surface area (Å²) in [6, 6.07) is 0. The summed E-state index contributed by atoms with van der Waals surface area (Å²) in [4.78, 5) is 23.4. The van der Waals surface area contributed by atoms with Crippen molar-refractivity contribution < 1.29 is 23.8 Å². The SMILES string of the molecule is C=C(C)C(=O)OC1CCC(C2CCC(OCC(C)OC(=O)CC(C)C)CC2)CC1. The number of esters is 2. The summed E-state index contributed by atoms with van der Waals surface area (Å²) in [7, 11) is 0. The Kier molecular flexibility index (Phi) is 9.67. The molecule has 2 aliphatic rings. The van der Waals surface area contributed by atoms with Crippen LogP contribution < -0.4 is 0 Å². The molecule has 29 heavy (non-hydrogen) atoms. The highest BCUT2D eigenvalue weighted by atomic mass is 16.6. The highest BCUT2D eigenvalue weighted by molar-refractivity contribution is 5.87. The van der Waals surface area contributed by atoms with Crippen molar-refractivity contribution in [3.8, 4) is 0 Å². The van der Waals surface area contributed by atoms with E-state index in [1.54, 1.807) is 6.92 Å². The average molecular weight is 409 g/mol. The Bertz CT molecular complexity index is 539. The van der Waals surface area contributed by atoms with Crippen LogP contribution in [0.5, 0.6) is 0 Å². The molecule has 1 unspecified atom stereocenters. The Morgan fingerprint density at radius 1 is 0.897 bits per heavy atom. The van der Waals surface area contributed by atoms with Crippen molar-refractivity contribution >= 4 is 11.9 Å². The van der Waals surface area contributed by atoms with Gasteiger partial charge < -0.3 is 14.2 Å². The largest absolute Gasteiger partial charge is 0.460 e.